The van der Waals surface area contributed by atoms with Crippen molar-refractivity contribution in [1.82, 2.24) is 20.0 Å². The molecule has 6 heteroatoms. The van der Waals surface area contributed by atoms with Crippen molar-refractivity contribution in [2.24, 2.45) is 10.9 Å². The van der Waals surface area contributed by atoms with E-state index in [1.165, 1.54) is 51.4 Å². The minimum Gasteiger partial charge on any atom is -0.356 e. The summed E-state index contributed by atoms with van der Waals surface area (Å²) >= 11 is 0. The Morgan fingerprint density at radius 2 is 1.65 bits per heavy atom. The van der Waals surface area contributed by atoms with Crippen LogP contribution < -0.4 is 5.32 Å². The maximum atomic E-state index is 12.6. The average molecular weight is 364 g/mol. The Labute approximate surface area is 159 Å². The van der Waals surface area contributed by atoms with Gasteiger partial charge < -0.3 is 15.1 Å². The van der Waals surface area contributed by atoms with Crippen LogP contribution >= 0.6 is 0 Å². The van der Waals surface area contributed by atoms with Crippen LogP contribution in [-0.4, -0.2) is 86.0 Å². The van der Waals surface area contributed by atoms with E-state index < -0.39 is 0 Å². The Kier molecular flexibility index (Phi) is 7.59. The molecule has 2 aliphatic heterocycles. The number of guanidine groups is 1. The summed E-state index contributed by atoms with van der Waals surface area (Å²) in [5, 5.41) is 3.52. The van der Waals surface area contributed by atoms with Gasteiger partial charge in [0.1, 0.15) is 0 Å². The van der Waals surface area contributed by atoms with E-state index in [0.29, 0.717) is 12.5 Å². The SMILES string of the molecule is CN=C(NCCCC1CC1)N1CCN(CC(=O)N2CCCCCC2)CC1. The molecule has 0 bridgehead atoms. The summed E-state index contributed by atoms with van der Waals surface area (Å²) < 4.78 is 0. The largest absolute Gasteiger partial charge is 0.356 e. The van der Waals surface area contributed by atoms with Gasteiger partial charge >= 0.3 is 0 Å². The molecule has 3 fully saturated rings. The zero-order chi connectivity index (χ0) is 18.2. The lowest BCUT2D eigenvalue weighted by molar-refractivity contribution is -0.132. The van der Waals surface area contributed by atoms with Crippen LogP contribution in [0.1, 0.15) is 51.4 Å². The molecule has 2 saturated heterocycles. The first kappa shape index (κ1) is 19.5. The van der Waals surface area contributed by atoms with Crippen molar-refractivity contribution in [3.63, 3.8) is 0 Å². The third kappa shape index (κ3) is 6.15. The fourth-order valence-electron chi connectivity index (χ4n) is 4.06. The Balaban J connectivity index is 1.34. The van der Waals surface area contributed by atoms with Crippen molar-refractivity contribution in [3.05, 3.63) is 0 Å². The molecule has 6 nitrogen and oxygen atoms in total. The van der Waals surface area contributed by atoms with Crippen LogP contribution in [0.5, 0.6) is 0 Å². The van der Waals surface area contributed by atoms with Gasteiger partial charge in [-0.3, -0.25) is 14.7 Å². The molecule has 1 aliphatic carbocycles. The number of piperazine rings is 1. The highest BCUT2D eigenvalue weighted by molar-refractivity contribution is 5.80. The normalized spacial score (nSPS) is 23.0. The smallest absolute Gasteiger partial charge is 0.236 e. The van der Waals surface area contributed by atoms with E-state index in [-0.39, 0.29) is 0 Å². The van der Waals surface area contributed by atoms with Gasteiger partial charge in [-0.1, -0.05) is 25.7 Å². The zero-order valence-corrected chi connectivity index (χ0v) is 16.6. The van der Waals surface area contributed by atoms with Crippen LogP contribution in [-0.2, 0) is 4.79 Å². The fourth-order valence-corrected chi connectivity index (χ4v) is 4.06. The summed E-state index contributed by atoms with van der Waals surface area (Å²) in [4.78, 5) is 23.7. The summed E-state index contributed by atoms with van der Waals surface area (Å²) in [6.45, 7) is 7.32. The van der Waals surface area contributed by atoms with Crippen LogP contribution in [0.25, 0.3) is 0 Å². The molecule has 1 N–H and O–H groups in total. The predicted molar refractivity (Wildman–Crippen MR) is 106 cm³/mol. The Hall–Kier alpha value is -1.30. The highest BCUT2D eigenvalue weighted by atomic mass is 16.2. The molecule has 26 heavy (non-hydrogen) atoms. The Morgan fingerprint density at radius 3 is 2.27 bits per heavy atom. The number of rotatable bonds is 6. The van der Waals surface area contributed by atoms with Crippen molar-refractivity contribution in [2.45, 2.75) is 51.4 Å². The Bertz CT molecular complexity index is 461. The molecule has 0 radical (unpaired) electrons. The minimum absolute atomic E-state index is 0.322. The van der Waals surface area contributed by atoms with E-state index in [9.17, 15) is 4.79 Å². The lowest BCUT2D eigenvalue weighted by Gasteiger charge is -2.37. The molecule has 0 unspecified atom stereocenters. The maximum Gasteiger partial charge on any atom is 0.236 e. The highest BCUT2D eigenvalue weighted by Gasteiger charge is 2.24. The topological polar surface area (TPSA) is 51.2 Å². The van der Waals surface area contributed by atoms with E-state index in [0.717, 1.165) is 57.7 Å². The molecule has 1 amide bonds. The molecule has 3 rings (SSSR count). The Morgan fingerprint density at radius 1 is 0.962 bits per heavy atom. The van der Waals surface area contributed by atoms with Gasteiger partial charge in [0, 0.05) is 52.9 Å². The number of aliphatic imine (C=N–C) groups is 1. The van der Waals surface area contributed by atoms with E-state index in [4.69, 9.17) is 0 Å². The number of carbonyl (C=O) groups is 1. The summed E-state index contributed by atoms with van der Waals surface area (Å²) in [6.07, 6.45) is 10.4. The number of nitrogens with zero attached hydrogens (tertiary/aromatic N) is 4. The van der Waals surface area contributed by atoms with E-state index in [2.05, 4.69) is 25.0 Å². The minimum atomic E-state index is 0.322. The lowest BCUT2D eigenvalue weighted by Crippen LogP contribution is -2.54. The van der Waals surface area contributed by atoms with Crippen molar-refractivity contribution in [3.8, 4) is 0 Å². The average Bonchev–Trinajstić information content (AvgIpc) is 3.49. The van der Waals surface area contributed by atoms with Crippen molar-refractivity contribution in [2.75, 3.05) is 59.4 Å². The monoisotopic (exact) mass is 363 g/mol. The lowest BCUT2D eigenvalue weighted by atomic mass is 10.2. The van der Waals surface area contributed by atoms with Gasteiger partial charge in [-0.25, -0.2) is 0 Å². The molecule has 3 aliphatic rings. The molecule has 2 heterocycles. The standard InChI is InChI=1S/C20H37N5O/c1-21-20(22-10-6-7-18-8-9-18)25-15-13-23(14-16-25)17-19(26)24-11-4-2-3-5-12-24/h18H,2-17H2,1H3,(H,21,22). The predicted octanol–water partition coefficient (Wildman–Crippen LogP) is 1.77. The summed E-state index contributed by atoms with van der Waals surface area (Å²) in [7, 11) is 1.87. The third-order valence-electron chi connectivity index (χ3n) is 5.97. The third-order valence-corrected chi connectivity index (χ3v) is 5.97. The summed E-state index contributed by atoms with van der Waals surface area (Å²) in [5.74, 6) is 2.35. The zero-order valence-electron chi connectivity index (χ0n) is 16.6. The number of likely N-dealkylation sites (tertiary alicyclic amines) is 1. The first-order valence-electron chi connectivity index (χ1n) is 10.7. The molecule has 1 saturated carbocycles. The quantitative estimate of drug-likeness (QED) is 0.444. The van der Waals surface area contributed by atoms with Crippen molar-refractivity contribution < 1.29 is 4.79 Å². The first-order valence-corrected chi connectivity index (χ1v) is 10.7. The second-order valence-corrected chi connectivity index (χ2v) is 8.12. The molecule has 0 spiro atoms. The van der Waals surface area contributed by atoms with Crippen LogP contribution in [0.2, 0.25) is 0 Å². The number of nitrogens with one attached hydrogen (secondary N) is 1. The van der Waals surface area contributed by atoms with Gasteiger partial charge in [-0.2, -0.15) is 0 Å². The molecule has 0 aromatic heterocycles. The molecule has 0 aromatic rings. The molecular weight excluding hydrogens is 326 g/mol. The number of hydrogen-bond acceptors (Lipinski definition) is 3. The molecule has 148 valence electrons. The molecular formula is C20H37N5O. The van der Waals surface area contributed by atoms with Gasteiger partial charge in [0.05, 0.1) is 6.54 Å². The van der Waals surface area contributed by atoms with Gasteiger partial charge in [0.2, 0.25) is 5.91 Å². The number of hydrogen-bond donors (Lipinski definition) is 1. The van der Waals surface area contributed by atoms with Crippen molar-refractivity contribution in [1.29, 1.82) is 0 Å². The van der Waals surface area contributed by atoms with E-state index >= 15 is 0 Å². The van der Waals surface area contributed by atoms with Crippen LogP contribution in [0.3, 0.4) is 0 Å². The maximum absolute atomic E-state index is 12.6. The number of amides is 1. The van der Waals surface area contributed by atoms with Gasteiger partial charge in [-0.15, -0.1) is 0 Å². The van der Waals surface area contributed by atoms with Gasteiger partial charge in [0.25, 0.3) is 0 Å². The van der Waals surface area contributed by atoms with Gasteiger partial charge in [-0.05, 0) is 31.6 Å². The summed E-state index contributed by atoms with van der Waals surface area (Å²) in [5.41, 5.74) is 0. The van der Waals surface area contributed by atoms with E-state index in [1.54, 1.807) is 0 Å². The number of carbonyl (C=O) groups excluding carboxylic acids is 1. The van der Waals surface area contributed by atoms with E-state index in [1.807, 2.05) is 7.05 Å². The second-order valence-electron chi connectivity index (χ2n) is 8.12. The van der Waals surface area contributed by atoms with Crippen LogP contribution in [0.15, 0.2) is 4.99 Å². The van der Waals surface area contributed by atoms with Crippen LogP contribution in [0, 0.1) is 5.92 Å². The first-order chi connectivity index (χ1) is 12.8. The second kappa shape index (κ2) is 10.1. The van der Waals surface area contributed by atoms with Gasteiger partial charge in [0.15, 0.2) is 5.96 Å². The van der Waals surface area contributed by atoms with Crippen LogP contribution in [0.4, 0.5) is 0 Å². The summed E-state index contributed by atoms with van der Waals surface area (Å²) in [6, 6.07) is 0. The fraction of sp³-hybridized carbons (Fsp3) is 0.900. The van der Waals surface area contributed by atoms with Crippen molar-refractivity contribution >= 4 is 11.9 Å². The highest BCUT2D eigenvalue weighted by Crippen LogP contribution is 2.33. The molecule has 0 aromatic carbocycles. The molecule has 0 atom stereocenters.